The van der Waals surface area contributed by atoms with Gasteiger partial charge in [-0.2, -0.15) is 0 Å². The molecule has 0 aliphatic carbocycles. The molecule has 198 valence electrons. The number of hydrogen-bond acceptors (Lipinski definition) is 5. The minimum Gasteiger partial charge on any atom is -0.466 e. The highest BCUT2D eigenvalue weighted by molar-refractivity contribution is 6.66. The van der Waals surface area contributed by atoms with Crippen molar-refractivity contribution < 1.29 is 18.4 Å². The lowest BCUT2D eigenvalue weighted by Gasteiger charge is -2.31. The Kier molecular flexibility index (Phi) is 10.9. The second kappa shape index (κ2) is 14.1. The van der Waals surface area contributed by atoms with Crippen molar-refractivity contribution >= 4 is 25.9 Å². The Morgan fingerprint density at radius 3 is 1.89 bits per heavy atom. The smallest absolute Gasteiger partial charge is 0.335 e. The Morgan fingerprint density at radius 1 is 0.784 bits per heavy atom. The van der Waals surface area contributed by atoms with Gasteiger partial charge in [-0.25, -0.2) is 0 Å². The van der Waals surface area contributed by atoms with Crippen LogP contribution < -0.4 is 5.32 Å². The Labute approximate surface area is 223 Å². The van der Waals surface area contributed by atoms with E-state index in [1.807, 2.05) is 58.0 Å². The number of anilines is 2. The molecule has 0 saturated heterocycles. The maximum absolute atomic E-state index is 12.2. The molecule has 0 unspecified atom stereocenters. The molecule has 0 aromatic heterocycles. The van der Waals surface area contributed by atoms with Gasteiger partial charge in [0.2, 0.25) is 0 Å². The average molecular weight is 520 g/mol. The molecule has 0 amide bonds. The topological polar surface area (TPSA) is 56.8 Å². The molecular formula is C31H41NO4Si. The van der Waals surface area contributed by atoms with Crippen LogP contribution in [0, 0.1) is 0 Å². The SMILES string of the molecule is CC(C)O[Si](C)(CCCOC(=O)CCc1ccc(Nc2ccc(-c3ccccc3)cc2)cc1)OC(C)C. The van der Waals surface area contributed by atoms with Crippen LogP contribution in [0.5, 0.6) is 0 Å². The van der Waals surface area contributed by atoms with Crippen molar-refractivity contribution in [3.05, 3.63) is 84.4 Å². The summed E-state index contributed by atoms with van der Waals surface area (Å²) in [6, 6.07) is 27.8. The third-order valence-electron chi connectivity index (χ3n) is 5.86. The summed E-state index contributed by atoms with van der Waals surface area (Å²) in [5.41, 5.74) is 5.55. The van der Waals surface area contributed by atoms with Crippen molar-refractivity contribution in [3.63, 3.8) is 0 Å². The molecule has 37 heavy (non-hydrogen) atoms. The molecule has 0 bridgehead atoms. The average Bonchev–Trinajstić information content (AvgIpc) is 2.86. The van der Waals surface area contributed by atoms with E-state index in [1.54, 1.807) is 0 Å². The van der Waals surface area contributed by atoms with Crippen molar-refractivity contribution in [1.82, 2.24) is 0 Å². The summed E-state index contributed by atoms with van der Waals surface area (Å²) in [7, 11) is -2.27. The van der Waals surface area contributed by atoms with Gasteiger partial charge < -0.3 is 18.9 Å². The fourth-order valence-corrected chi connectivity index (χ4v) is 7.41. The van der Waals surface area contributed by atoms with Crippen molar-refractivity contribution in [2.75, 3.05) is 11.9 Å². The predicted octanol–water partition coefficient (Wildman–Crippen LogP) is 7.89. The normalized spacial score (nSPS) is 11.6. The quantitative estimate of drug-likeness (QED) is 0.133. The number of aryl methyl sites for hydroxylation is 1. The predicted molar refractivity (Wildman–Crippen MR) is 154 cm³/mol. The van der Waals surface area contributed by atoms with E-state index in [2.05, 4.69) is 60.4 Å². The van der Waals surface area contributed by atoms with Gasteiger partial charge in [0.15, 0.2) is 0 Å². The van der Waals surface area contributed by atoms with Gasteiger partial charge in [-0.15, -0.1) is 0 Å². The lowest BCUT2D eigenvalue weighted by Crippen LogP contribution is -2.43. The minimum absolute atomic E-state index is 0.125. The molecule has 1 N–H and O–H groups in total. The molecule has 6 heteroatoms. The molecule has 0 aliphatic heterocycles. The summed E-state index contributed by atoms with van der Waals surface area (Å²) in [6.07, 6.45) is 2.03. The Bertz CT molecular complexity index is 1070. The van der Waals surface area contributed by atoms with E-state index in [9.17, 15) is 4.79 Å². The number of rotatable bonds is 14. The fraction of sp³-hybridized carbons (Fsp3) is 0.387. The zero-order valence-electron chi connectivity index (χ0n) is 22.8. The Balaban J connectivity index is 1.39. The van der Waals surface area contributed by atoms with Gasteiger partial charge in [0.25, 0.3) is 0 Å². The van der Waals surface area contributed by atoms with Crippen LogP contribution in [0.4, 0.5) is 11.4 Å². The second-order valence-corrected chi connectivity index (χ2v) is 13.3. The highest BCUT2D eigenvalue weighted by atomic mass is 28.4. The minimum atomic E-state index is -2.27. The molecule has 3 aromatic carbocycles. The number of benzene rings is 3. The van der Waals surface area contributed by atoms with E-state index in [1.165, 1.54) is 11.1 Å². The molecule has 0 heterocycles. The molecule has 0 spiro atoms. The molecule has 0 atom stereocenters. The second-order valence-electron chi connectivity index (χ2n) is 10.1. The molecule has 0 radical (unpaired) electrons. The first-order chi connectivity index (χ1) is 17.7. The van der Waals surface area contributed by atoms with E-state index in [4.69, 9.17) is 13.6 Å². The molecule has 5 nitrogen and oxygen atoms in total. The number of esters is 1. The van der Waals surface area contributed by atoms with Crippen LogP contribution in [0.3, 0.4) is 0 Å². The summed E-state index contributed by atoms with van der Waals surface area (Å²) in [4.78, 5) is 12.2. The highest BCUT2D eigenvalue weighted by Crippen LogP contribution is 2.24. The van der Waals surface area contributed by atoms with E-state index >= 15 is 0 Å². The molecule has 0 fully saturated rings. The van der Waals surface area contributed by atoms with Gasteiger partial charge in [0, 0.05) is 30.0 Å². The number of carbonyl (C=O) groups excluding carboxylic acids is 1. The first-order valence-corrected chi connectivity index (χ1v) is 15.8. The van der Waals surface area contributed by atoms with Crippen molar-refractivity contribution in [3.8, 4) is 11.1 Å². The van der Waals surface area contributed by atoms with Crippen molar-refractivity contribution in [2.24, 2.45) is 0 Å². The van der Waals surface area contributed by atoms with Crippen molar-refractivity contribution in [2.45, 2.75) is 71.8 Å². The number of nitrogens with one attached hydrogen (secondary N) is 1. The van der Waals surface area contributed by atoms with Gasteiger partial charge in [-0.1, -0.05) is 54.6 Å². The number of hydrogen-bond donors (Lipinski definition) is 1. The monoisotopic (exact) mass is 519 g/mol. The standard InChI is InChI=1S/C31H41NO4Si/c1-24(2)35-37(5,36-25(3)4)23-9-22-34-31(33)21-14-26-12-17-29(18-13-26)32-30-19-15-28(16-20-30)27-10-7-6-8-11-27/h6-8,10-13,15-20,24-25,32H,9,14,21-23H2,1-5H3. The maximum atomic E-state index is 12.2. The molecule has 3 rings (SSSR count). The van der Waals surface area contributed by atoms with Crippen LogP contribution in [0.2, 0.25) is 12.6 Å². The number of carbonyl (C=O) groups is 1. The molecular weight excluding hydrogens is 478 g/mol. The van der Waals surface area contributed by atoms with Gasteiger partial charge in [-0.3, -0.25) is 4.79 Å². The third kappa shape index (κ3) is 10.2. The summed E-state index contributed by atoms with van der Waals surface area (Å²) >= 11 is 0. The van der Waals surface area contributed by atoms with Crippen LogP contribution in [0.1, 0.15) is 46.1 Å². The van der Waals surface area contributed by atoms with Crippen LogP contribution in [0.25, 0.3) is 11.1 Å². The van der Waals surface area contributed by atoms with Crippen LogP contribution in [-0.2, 0) is 24.8 Å². The van der Waals surface area contributed by atoms with Crippen LogP contribution in [-0.4, -0.2) is 33.3 Å². The highest BCUT2D eigenvalue weighted by Gasteiger charge is 2.33. The van der Waals surface area contributed by atoms with Crippen LogP contribution in [0.15, 0.2) is 78.9 Å². The Hall–Kier alpha value is -2.93. The van der Waals surface area contributed by atoms with Gasteiger partial charge in [0.05, 0.1) is 6.61 Å². The zero-order chi connectivity index (χ0) is 26.7. The van der Waals surface area contributed by atoms with E-state index in [0.717, 1.165) is 29.4 Å². The van der Waals surface area contributed by atoms with Gasteiger partial charge in [-0.05, 0) is 94.1 Å². The van der Waals surface area contributed by atoms with E-state index < -0.39 is 8.56 Å². The summed E-state index contributed by atoms with van der Waals surface area (Å²) in [6.45, 7) is 10.6. The van der Waals surface area contributed by atoms with Gasteiger partial charge >= 0.3 is 14.5 Å². The lowest BCUT2D eigenvalue weighted by molar-refractivity contribution is -0.143. The third-order valence-corrected chi connectivity index (χ3v) is 9.06. The molecule has 0 aliphatic rings. The first kappa shape index (κ1) is 28.6. The van der Waals surface area contributed by atoms with E-state index in [0.29, 0.717) is 19.4 Å². The van der Waals surface area contributed by atoms with Crippen LogP contribution >= 0.6 is 0 Å². The number of ether oxygens (including phenoxy) is 1. The lowest BCUT2D eigenvalue weighted by atomic mass is 10.1. The van der Waals surface area contributed by atoms with Crippen molar-refractivity contribution in [1.29, 1.82) is 0 Å². The maximum Gasteiger partial charge on any atom is 0.335 e. The summed E-state index contributed by atoms with van der Waals surface area (Å²) < 4.78 is 17.7. The largest absolute Gasteiger partial charge is 0.466 e. The molecule has 0 saturated carbocycles. The zero-order valence-corrected chi connectivity index (χ0v) is 23.8. The summed E-state index contributed by atoms with van der Waals surface area (Å²) in [5, 5.41) is 3.44. The Morgan fingerprint density at radius 2 is 1.32 bits per heavy atom. The molecule has 3 aromatic rings. The van der Waals surface area contributed by atoms with E-state index in [-0.39, 0.29) is 18.2 Å². The summed E-state index contributed by atoms with van der Waals surface area (Å²) in [5.74, 6) is -0.168. The fourth-order valence-electron chi connectivity index (χ4n) is 4.34. The first-order valence-electron chi connectivity index (χ1n) is 13.3. The van der Waals surface area contributed by atoms with Gasteiger partial charge in [0.1, 0.15) is 0 Å².